The number of ketones is 1. The molecule has 0 aliphatic rings. The van der Waals surface area contributed by atoms with E-state index in [4.69, 9.17) is 9.88 Å². The number of ether oxygens (including phenoxy) is 1. The lowest BCUT2D eigenvalue weighted by Crippen LogP contribution is -2.16. The van der Waals surface area contributed by atoms with Crippen molar-refractivity contribution < 1.29 is 22.7 Å². The van der Waals surface area contributed by atoms with Gasteiger partial charge >= 0.3 is 5.97 Å². The van der Waals surface area contributed by atoms with Gasteiger partial charge in [0.2, 0.25) is 15.8 Å². The highest BCUT2D eigenvalue weighted by Crippen LogP contribution is 2.23. The van der Waals surface area contributed by atoms with Crippen LogP contribution in [-0.2, 0) is 14.8 Å². The summed E-state index contributed by atoms with van der Waals surface area (Å²) >= 11 is 3.44. The lowest BCUT2D eigenvalue weighted by Gasteiger charge is -2.10. The number of carbonyl (C=O) groups excluding carboxylic acids is 2. The third kappa shape index (κ3) is 4.69. The van der Waals surface area contributed by atoms with Crippen LogP contribution in [0.2, 0.25) is 0 Å². The second-order valence-corrected chi connectivity index (χ2v) is 9.15. The summed E-state index contributed by atoms with van der Waals surface area (Å²) in [6, 6.07) is 14.4. The molecule has 0 amide bonds. The van der Waals surface area contributed by atoms with Gasteiger partial charge in [0, 0.05) is 27.1 Å². The van der Waals surface area contributed by atoms with Crippen LogP contribution in [-0.4, -0.2) is 31.3 Å². The number of aryl methyl sites for hydroxylation is 1. The Hall–Kier alpha value is -2.75. The zero-order chi connectivity index (χ0) is 22.1. The number of primary sulfonamides is 1. The van der Waals surface area contributed by atoms with Gasteiger partial charge in [0.25, 0.3) is 0 Å². The number of nitrogens with two attached hydrogens (primary N) is 1. The number of Topliss-reactive ketones (excluding diaryl/α,β-unsaturated/α-hetero) is 1. The number of benzene rings is 2. The summed E-state index contributed by atoms with van der Waals surface area (Å²) in [5.74, 6) is -1.07. The second kappa shape index (κ2) is 8.55. The van der Waals surface area contributed by atoms with E-state index in [1.54, 1.807) is 6.07 Å². The van der Waals surface area contributed by atoms with Gasteiger partial charge in [0.05, 0.1) is 10.5 Å². The Morgan fingerprint density at radius 1 is 1.07 bits per heavy atom. The number of carbonyl (C=O) groups is 2. The van der Waals surface area contributed by atoms with Gasteiger partial charge in [-0.1, -0.05) is 22.0 Å². The molecular weight excluding hydrogens is 472 g/mol. The Labute approximate surface area is 182 Å². The molecule has 2 aromatic carbocycles. The maximum Gasteiger partial charge on any atom is 0.338 e. The first-order valence-corrected chi connectivity index (χ1v) is 11.2. The highest BCUT2D eigenvalue weighted by molar-refractivity contribution is 9.10. The Balaban J connectivity index is 1.74. The Kier molecular flexibility index (Phi) is 6.25. The van der Waals surface area contributed by atoms with Crippen molar-refractivity contribution in [2.45, 2.75) is 18.7 Å². The van der Waals surface area contributed by atoms with Gasteiger partial charge < -0.3 is 9.30 Å². The molecule has 3 aromatic rings. The number of hydrogen-bond acceptors (Lipinski definition) is 5. The van der Waals surface area contributed by atoms with E-state index in [-0.39, 0.29) is 16.2 Å². The van der Waals surface area contributed by atoms with Crippen LogP contribution in [0.3, 0.4) is 0 Å². The minimum absolute atomic E-state index is 0.116. The zero-order valence-electron chi connectivity index (χ0n) is 16.3. The van der Waals surface area contributed by atoms with E-state index in [1.807, 2.05) is 42.7 Å². The molecule has 0 unspecified atom stereocenters. The van der Waals surface area contributed by atoms with Crippen molar-refractivity contribution in [1.29, 1.82) is 0 Å². The Morgan fingerprint density at radius 3 is 2.33 bits per heavy atom. The number of halogens is 1. The third-order valence-corrected chi connectivity index (χ3v) is 5.97. The molecule has 1 aromatic heterocycles. The van der Waals surface area contributed by atoms with Crippen LogP contribution >= 0.6 is 15.9 Å². The van der Waals surface area contributed by atoms with Gasteiger partial charge in [-0.15, -0.1) is 0 Å². The van der Waals surface area contributed by atoms with Crippen molar-refractivity contribution in [2.24, 2.45) is 5.14 Å². The first-order valence-electron chi connectivity index (χ1n) is 8.86. The van der Waals surface area contributed by atoms with Crippen molar-refractivity contribution in [1.82, 2.24) is 4.57 Å². The molecule has 0 saturated carbocycles. The molecular formula is C21H19BrN2O5S. The molecule has 0 spiro atoms. The van der Waals surface area contributed by atoms with Crippen LogP contribution in [0.15, 0.2) is 64.0 Å². The summed E-state index contributed by atoms with van der Waals surface area (Å²) in [4.78, 5) is 24.7. The minimum atomic E-state index is -3.85. The largest absolute Gasteiger partial charge is 0.454 e. The molecule has 0 bridgehead atoms. The topological polar surface area (TPSA) is 108 Å². The van der Waals surface area contributed by atoms with E-state index in [0.29, 0.717) is 5.56 Å². The summed E-state index contributed by atoms with van der Waals surface area (Å²) in [5.41, 5.74) is 3.10. The summed E-state index contributed by atoms with van der Waals surface area (Å²) in [5, 5.41) is 5.03. The van der Waals surface area contributed by atoms with E-state index in [2.05, 4.69) is 15.9 Å². The molecule has 3 rings (SSSR count). The molecule has 0 aliphatic carbocycles. The molecule has 1 heterocycles. The molecule has 0 saturated heterocycles. The van der Waals surface area contributed by atoms with Crippen LogP contribution in [0, 0.1) is 13.8 Å². The highest BCUT2D eigenvalue weighted by atomic mass is 79.9. The average molecular weight is 491 g/mol. The van der Waals surface area contributed by atoms with Crippen LogP contribution < -0.4 is 5.14 Å². The number of sulfonamides is 1. The summed E-state index contributed by atoms with van der Waals surface area (Å²) in [7, 11) is -3.85. The standard InChI is InChI=1S/C21H19BrN2O5S/c1-13-10-19(14(2)24(13)17-5-3-4-16(22)11-17)20(25)12-29-21(26)15-6-8-18(9-7-15)30(23,27)28/h3-11H,12H2,1-2H3,(H2,23,27,28). The summed E-state index contributed by atoms with van der Waals surface area (Å²) < 4.78 is 30.5. The number of rotatable bonds is 6. The predicted molar refractivity (Wildman–Crippen MR) is 115 cm³/mol. The fraction of sp³-hybridized carbons (Fsp3) is 0.143. The number of nitrogens with zero attached hydrogens (tertiary/aromatic N) is 1. The van der Waals surface area contributed by atoms with Gasteiger partial charge in [-0.3, -0.25) is 4.79 Å². The van der Waals surface area contributed by atoms with Gasteiger partial charge in [0.15, 0.2) is 6.61 Å². The smallest absolute Gasteiger partial charge is 0.338 e. The summed E-state index contributed by atoms with van der Waals surface area (Å²) in [6.07, 6.45) is 0. The van der Waals surface area contributed by atoms with Gasteiger partial charge in [0.1, 0.15) is 0 Å². The maximum atomic E-state index is 12.7. The quantitative estimate of drug-likeness (QED) is 0.419. The lowest BCUT2D eigenvalue weighted by atomic mass is 10.1. The first kappa shape index (κ1) is 21.9. The second-order valence-electron chi connectivity index (χ2n) is 6.67. The van der Waals surface area contributed by atoms with E-state index < -0.39 is 22.6 Å². The van der Waals surface area contributed by atoms with Gasteiger partial charge in [-0.05, 0) is 62.4 Å². The van der Waals surface area contributed by atoms with Crippen LogP contribution in [0.5, 0.6) is 0 Å². The Bertz CT molecular complexity index is 1230. The number of aromatic nitrogens is 1. The minimum Gasteiger partial charge on any atom is -0.454 e. The average Bonchev–Trinajstić information content (AvgIpc) is 2.99. The molecule has 30 heavy (non-hydrogen) atoms. The molecule has 0 atom stereocenters. The SMILES string of the molecule is Cc1cc(C(=O)COC(=O)c2ccc(S(N)(=O)=O)cc2)c(C)n1-c1cccc(Br)c1. The van der Waals surface area contributed by atoms with Gasteiger partial charge in [-0.25, -0.2) is 18.4 Å². The van der Waals surface area contributed by atoms with Crippen molar-refractivity contribution in [3.05, 3.63) is 81.6 Å². The van der Waals surface area contributed by atoms with Crippen LogP contribution in [0.25, 0.3) is 5.69 Å². The normalized spacial score (nSPS) is 11.3. The van der Waals surface area contributed by atoms with E-state index in [1.165, 1.54) is 24.3 Å². The van der Waals surface area contributed by atoms with Crippen LogP contribution in [0.1, 0.15) is 32.1 Å². The maximum absolute atomic E-state index is 12.7. The molecule has 156 valence electrons. The molecule has 7 nitrogen and oxygen atoms in total. The zero-order valence-corrected chi connectivity index (χ0v) is 18.7. The van der Waals surface area contributed by atoms with E-state index in [0.717, 1.165) is 21.5 Å². The highest BCUT2D eigenvalue weighted by Gasteiger charge is 2.19. The van der Waals surface area contributed by atoms with Gasteiger partial charge in [-0.2, -0.15) is 0 Å². The third-order valence-electron chi connectivity index (χ3n) is 4.55. The fourth-order valence-corrected chi connectivity index (χ4v) is 4.03. The monoisotopic (exact) mass is 490 g/mol. The molecule has 0 aliphatic heterocycles. The predicted octanol–water partition coefficient (Wildman–Crippen LogP) is 3.54. The first-order chi connectivity index (χ1) is 14.1. The van der Waals surface area contributed by atoms with E-state index in [9.17, 15) is 18.0 Å². The fourth-order valence-electron chi connectivity index (χ4n) is 3.13. The molecule has 0 radical (unpaired) electrons. The lowest BCUT2D eigenvalue weighted by molar-refractivity contribution is 0.0474. The number of hydrogen-bond donors (Lipinski definition) is 1. The van der Waals surface area contributed by atoms with Crippen molar-refractivity contribution in [3.8, 4) is 5.69 Å². The Morgan fingerprint density at radius 2 is 1.73 bits per heavy atom. The van der Waals surface area contributed by atoms with Crippen LogP contribution in [0.4, 0.5) is 0 Å². The van der Waals surface area contributed by atoms with Crippen molar-refractivity contribution in [3.63, 3.8) is 0 Å². The summed E-state index contributed by atoms with van der Waals surface area (Å²) in [6.45, 7) is 3.29. The molecule has 2 N–H and O–H groups in total. The molecule has 9 heteroatoms. The van der Waals surface area contributed by atoms with Crippen molar-refractivity contribution in [2.75, 3.05) is 6.61 Å². The number of esters is 1. The van der Waals surface area contributed by atoms with E-state index >= 15 is 0 Å². The molecule has 0 fully saturated rings. The van der Waals surface area contributed by atoms with Crippen molar-refractivity contribution >= 4 is 37.7 Å².